The summed E-state index contributed by atoms with van der Waals surface area (Å²) in [6, 6.07) is 0. The van der Waals surface area contributed by atoms with Gasteiger partial charge in [0.25, 0.3) is 0 Å². The number of nitrogens with one attached hydrogen (secondary N) is 1. The molecular weight excluding hydrogens is 296 g/mol. The molecule has 1 amide bonds. The van der Waals surface area contributed by atoms with E-state index in [9.17, 15) is 9.59 Å². The fraction of sp³-hybridized carbons (Fsp3) is 0.846. The molecule has 0 bridgehead atoms. The van der Waals surface area contributed by atoms with E-state index in [0.717, 1.165) is 0 Å². The molecule has 0 heterocycles. The maximum absolute atomic E-state index is 11.3. The van der Waals surface area contributed by atoms with E-state index in [4.69, 9.17) is 24.7 Å². The molecule has 0 aromatic rings. The summed E-state index contributed by atoms with van der Waals surface area (Å²) >= 11 is 0. The molecule has 3 N–H and O–H groups in total. The second-order valence-electron chi connectivity index (χ2n) is 4.04. The maximum atomic E-state index is 11.3. The van der Waals surface area contributed by atoms with Gasteiger partial charge < -0.3 is 34.7 Å². The molecule has 0 spiro atoms. The molecule has 0 aliphatic rings. The molecule has 0 aromatic carbocycles. The summed E-state index contributed by atoms with van der Waals surface area (Å²) in [6.07, 6.45) is 0. The minimum atomic E-state index is -0.430. The molecule has 0 aromatic heterocycles. The van der Waals surface area contributed by atoms with Gasteiger partial charge in [0.1, 0.15) is 13.2 Å². The van der Waals surface area contributed by atoms with Crippen molar-refractivity contribution in [2.75, 3.05) is 73.1 Å². The van der Waals surface area contributed by atoms with Crippen LogP contribution in [0.25, 0.3) is 0 Å². The van der Waals surface area contributed by atoms with Gasteiger partial charge in [-0.15, -0.1) is 0 Å². The Kier molecular flexibility index (Phi) is 15.2. The molecule has 9 heteroatoms. The van der Waals surface area contributed by atoms with Crippen LogP contribution in [0.3, 0.4) is 0 Å². The Morgan fingerprint density at radius 1 is 0.864 bits per heavy atom. The molecule has 0 saturated heterocycles. The average molecular weight is 322 g/mol. The van der Waals surface area contributed by atoms with E-state index in [1.165, 1.54) is 7.11 Å². The van der Waals surface area contributed by atoms with Crippen molar-refractivity contribution in [1.29, 1.82) is 0 Å². The first kappa shape index (κ1) is 20.7. The van der Waals surface area contributed by atoms with Gasteiger partial charge in [0.15, 0.2) is 0 Å². The molecule has 0 atom stereocenters. The maximum Gasteiger partial charge on any atom is 0.331 e. The first-order chi connectivity index (χ1) is 10.7. The highest BCUT2D eigenvalue weighted by Crippen LogP contribution is 1.82. The molecule has 0 aliphatic heterocycles. The Hall–Kier alpha value is -1.26. The third-order valence-electron chi connectivity index (χ3n) is 2.26. The molecule has 0 radical (unpaired) electrons. The lowest BCUT2D eigenvalue weighted by atomic mass is 10.6. The average Bonchev–Trinajstić information content (AvgIpc) is 2.52. The van der Waals surface area contributed by atoms with Crippen LogP contribution in [-0.4, -0.2) is 84.9 Å². The fourth-order valence-electron chi connectivity index (χ4n) is 1.22. The van der Waals surface area contributed by atoms with Gasteiger partial charge in [-0.3, -0.25) is 4.79 Å². The summed E-state index contributed by atoms with van der Waals surface area (Å²) in [6.45, 7) is 2.95. The van der Waals surface area contributed by atoms with Crippen LogP contribution in [0.15, 0.2) is 0 Å². The summed E-state index contributed by atoms with van der Waals surface area (Å²) in [7, 11) is 1.29. The van der Waals surface area contributed by atoms with Crippen LogP contribution in [0.1, 0.15) is 0 Å². The Morgan fingerprint density at radius 3 is 2.09 bits per heavy atom. The van der Waals surface area contributed by atoms with Crippen LogP contribution in [0, 0.1) is 0 Å². The van der Waals surface area contributed by atoms with Crippen molar-refractivity contribution < 1.29 is 33.3 Å². The predicted molar refractivity (Wildman–Crippen MR) is 77.4 cm³/mol. The van der Waals surface area contributed by atoms with Crippen LogP contribution < -0.4 is 11.1 Å². The standard InChI is InChI=1S/C13H26N2O7/c1-18-13(17)11-22-9-7-20-5-3-15-12(16)10-21-8-6-19-4-2-14/h2-11,14H2,1H3,(H,15,16). The van der Waals surface area contributed by atoms with Gasteiger partial charge in [-0.25, -0.2) is 4.79 Å². The molecule has 9 nitrogen and oxygen atoms in total. The predicted octanol–water partition coefficient (Wildman–Crippen LogP) is -1.70. The molecule has 0 rings (SSSR count). The largest absolute Gasteiger partial charge is 0.467 e. The van der Waals surface area contributed by atoms with Crippen LogP contribution in [0.4, 0.5) is 0 Å². The number of esters is 1. The van der Waals surface area contributed by atoms with Gasteiger partial charge >= 0.3 is 5.97 Å². The SMILES string of the molecule is COC(=O)COCCOCCNC(=O)COCCOCCN. The number of carbonyl (C=O) groups is 2. The number of methoxy groups -OCH3 is 1. The van der Waals surface area contributed by atoms with Gasteiger partial charge in [0.2, 0.25) is 5.91 Å². The summed E-state index contributed by atoms with van der Waals surface area (Å²) in [5.41, 5.74) is 5.25. The third kappa shape index (κ3) is 15.1. The quantitative estimate of drug-likeness (QED) is 0.271. The van der Waals surface area contributed by atoms with Crippen LogP contribution in [0.2, 0.25) is 0 Å². The molecule has 0 saturated carbocycles. The lowest BCUT2D eigenvalue weighted by Gasteiger charge is -2.07. The van der Waals surface area contributed by atoms with Crippen molar-refractivity contribution in [3.8, 4) is 0 Å². The number of ether oxygens (including phenoxy) is 5. The van der Waals surface area contributed by atoms with E-state index in [-0.39, 0.29) is 25.7 Å². The monoisotopic (exact) mass is 322 g/mol. The van der Waals surface area contributed by atoms with Crippen molar-refractivity contribution in [1.82, 2.24) is 5.32 Å². The molecule has 22 heavy (non-hydrogen) atoms. The van der Waals surface area contributed by atoms with Crippen molar-refractivity contribution in [2.24, 2.45) is 5.73 Å². The third-order valence-corrected chi connectivity index (χ3v) is 2.26. The molecular formula is C13H26N2O7. The summed E-state index contributed by atoms with van der Waals surface area (Å²) in [4.78, 5) is 22.1. The van der Waals surface area contributed by atoms with Crippen molar-refractivity contribution in [3.63, 3.8) is 0 Å². The Labute approximate surface area is 130 Å². The van der Waals surface area contributed by atoms with Gasteiger partial charge in [0, 0.05) is 13.1 Å². The highest BCUT2D eigenvalue weighted by atomic mass is 16.6. The van der Waals surface area contributed by atoms with Gasteiger partial charge in [-0.1, -0.05) is 0 Å². The van der Waals surface area contributed by atoms with Crippen molar-refractivity contribution >= 4 is 11.9 Å². The van der Waals surface area contributed by atoms with Crippen molar-refractivity contribution in [3.05, 3.63) is 0 Å². The van der Waals surface area contributed by atoms with E-state index in [2.05, 4.69) is 10.1 Å². The van der Waals surface area contributed by atoms with Crippen molar-refractivity contribution in [2.45, 2.75) is 0 Å². The Balaban J connectivity index is 3.20. The second kappa shape index (κ2) is 16.1. The lowest BCUT2D eigenvalue weighted by molar-refractivity contribution is -0.146. The zero-order chi connectivity index (χ0) is 16.5. The number of amides is 1. The summed E-state index contributed by atoms with van der Waals surface area (Å²) < 4.78 is 24.8. The number of nitrogens with two attached hydrogens (primary N) is 1. The highest BCUT2D eigenvalue weighted by Gasteiger charge is 2.01. The second-order valence-corrected chi connectivity index (χ2v) is 4.04. The Bertz CT molecular complexity index is 290. The minimum Gasteiger partial charge on any atom is -0.467 e. The van der Waals surface area contributed by atoms with E-state index < -0.39 is 5.97 Å². The lowest BCUT2D eigenvalue weighted by Crippen LogP contribution is -2.31. The van der Waals surface area contributed by atoms with Crippen LogP contribution in [0.5, 0.6) is 0 Å². The van der Waals surface area contributed by atoms with Gasteiger partial charge in [-0.05, 0) is 0 Å². The first-order valence-corrected chi connectivity index (χ1v) is 7.05. The highest BCUT2D eigenvalue weighted by molar-refractivity contribution is 5.77. The van der Waals surface area contributed by atoms with E-state index >= 15 is 0 Å². The Morgan fingerprint density at radius 2 is 1.45 bits per heavy atom. The van der Waals surface area contributed by atoms with Gasteiger partial charge in [-0.2, -0.15) is 0 Å². The van der Waals surface area contributed by atoms with Gasteiger partial charge in [0.05, 0.1) is 46.8 Å². The molecule has 0 unspecified atom stereocenters. The van der Waals surface area contributed by atoms with E-state index in [1.807, 2.05) is 0 Å². The molecule has 130 valence electrons. The number of carbonyl (C=O) groups excluding carboxylic acids is 2. The number of hydrogen-bond donors (Lipinski definition) is 2. The fourth-order valence-corrected chi connectivity index (χ4v) is 1.22. The molecule has 0 aliphatic carbocycles. The normalized spacial score (nSPS) is 10.5. The first-order valence-electron chi connectivity index (χ1n) is 7.05. The van der Waals surface area contributed by atoms with E-state index in [1.54, 1.807) is 0 Å². The molecule has 0 fully saturated rings. The summed E-state index contributed by atoms with van der Waals surface area (Å²) in [5.74, 6) is -0.648. The topological polar surface area (TPSA) is 118 Å². The van der Waals surface area contributed by atoms with Crippen LogP contribution >= 0.6 is 0 Å². The number of rotatable bonds is 15. The number of hydrogen-bond acceptors (Lipinski definition) is 8. The minimum absolute atomic E-state index is 0.0196. The van der Waals surface area contributed by atoms with Crippen LogP contribution in [-0.2, 0) is 33.3 Å². The zero-order valence-corrected chi connectivity index (χ0v) is 13.0. The summed E-state index contributed by atoms with van der Waals surface area (Å²) in [5, 5.41) is 2.64. The smallest absolute Gasteiger partial charge is 0.331 e. The van der Waals surface area contributed by atoms with E-state index in [0.29, 0.717) is 46.1 Å². The zero-order valence-electron chi connectivity index (χ0n) is 13.0.